The number of aryl methyl sites for hydroxylation is 1. The predicted octanol–water partition coefficient (Wildman–Crippen LogP) is 3.92. The molecule has 3 aromatic rings. The maximum atomic E-state index is 6.07. The van der Waals surface area contributed by atoms with Crippen LogP contribution in [-0.2, 0) is 13.1 Å². The number of fused-ring (bicyclic) bond motifs is 2. The van der Waals surface area contributed by atoms with Gasteiger partial charge in [0.1, 0.15) is 11.9 Å². The zero-order valence-electron chi connectivity index (χ0n) is 13.5. The van der Waals surface area contributed by atoms with Gasteiger partial charge in [-0.2, -0.15) is 0 Å². The van der Waals surface area contributed by atoms with Crippen molar-refractivity contribution >= 4 is 10.9 Å². The Hall–Kier alpha value is -2.33. The van der Waals surface area contributed by atoms with Gasteiger partial charge >= 0.3 is 0 Å². The first-order valence-corrected chi connectivity index (χ1v) is 7.99. The minimum atomic E-state index is 0.0981. The van der Waals surface area contributed by atoms with Crippen molar-refractivity contribution < 1.29 is 9.15 Å². The number of hydrogen-bond acceptors (Lipinski definition) is 4. The van der Waals surface area contributed by atoms with Crippen LogP contribution in [0, 0.1) is 6.92 Å². The molecular formula is C19H20N2O2. The summed E-state index contributed by atoms with van der Waals surface area (Å²) >= 11 is 0. The lowest BCUT2D eigenvalue weighted by Gasteiger charge is -2.20. The Morgan fingerprint density at radius 3 is 3.00 bits per heavy atom. The molecule has 1 aliphatic heterocycles. The molecule has 0 aliphatic carbocycles. The second-order valence-corrected chi connectivity index (χ2v) is 6.33. The van der Waals surface area contributed by atoms with Gasteiger partial charge in [0.25, 0.3) is 0 Å². The Morgan fingerprint density at radius 2 is 2.17 bits per heavy atom. The standard InChI is InChI=1S/C19H20N2O2/c1-13-5-6-15-9-16-11-21(12-17-4-3-7-22-17)10-14(2)23-19(16)20-18(15)8-13/h3-9,14H,10-12H2,1-2H3. The summed E-state index contributed by atoms with van der Waals surface area (Å²) in [4.78, 5) is 7.09. The van der Waals surface area contributed by atoms with E-state index >= 15 is 0 Å². The molecule has 1 atom stereocenters. The Kier molecular flexibility index (Phi) is 3.54. The van der Waals surface area contributed by atoms with Gasteiger partial charge in [0.05, 0.1) is 18.3 Å². The zero-order chi connectivity index (χ0) is 15.8. The summed E-state index contributed by atoms with van der Waals surface area (Å²) < 4.78 is 11.6. The van der Waals surface area contributed by atoms with Crippen LogP contribution >= 0.6 is 0 Å². The fraction of sp³-hybridized carbons (Fsp3) is 0.316. The highest BCUT2D eigenvalue weighted by Gasteiger charge is 2.22. The van der Waals surface area contributed by atoms with Crippen molar-refractivity contribution in [1.82, 2.24) is 9.88 Å². The quantitative estimate of drug-likeness (QED) is 0.719. The number of hydrogen-bond donors (Lipinski definition) is 0. The summed E-state index contributed by atoms with van der Waals surface area (Å²) in [6.07, 6.45) is 1.82. The SMILES string of the molecule is Cc1ccc2cc3c(nc2c1)OC(C)CN(Cc1ccco1)C3. The summed E-state index contributed by atoms with van der Waals surface area (Å²) in [5.74, 6) is 1.74. The van der Waals surface area contributed by atoms with Gasteiger partial charge in [-0.25, -0.2) is 4.98 Å². The van der Waals surface area contributed by atoms with Gasteiger partial charge in [0.15, 0.2) is 0 Å². The van der Waals surface area contributed by atoms with E-state index in [0.29, 0.717) is 0 Å². The number of ether oxygens (including phenoxy) is 1. The van der Waals surface area contributed by atoms with Gasteiger partial charge in [-0.1, -0.05) is 12.1 Å². The first-order chi connectivity index (χ1) is 11.2. The van der Waals surface area contributed by atoms with Gasteiger partial charge in [-0.05, 0) is 43.7 Å². The van der Waals surface area contributed by atoms with Crippen molar-refractivity contribution in [3.05, 3.63) is 59.5 Å². The molecule has 1 aliphatic rings. The number of nitrogens with zero attached hydrogens (tertiary/aromatic N) is 2. The normalized spacial score (nSPS) is 18.4. The Bertz CT molecular complexity index is 827. The minimum absolute atomic E-state index is 0.0981. The van der Waals surface area contributed by atoms with Crippen LogP contribution in [0.5, 0.6) is 5.88 Å². The number of rotatable bonds is 2. The fourth-order valence-electron chi connectivity index (χ4n) is 3.16. The zero-order valence-corrected chi connectivity index (χ0v) is 13.5. The lowest BCUT2D eigenvalue weighted by atomic mass is 10.1. The summed E-state index contributed by atoms with van der Waals surface area (Å²) in [6, 6.07) is 12.5. The molecule has 0 spiro atoms. The molecule has 0 bridgehead atoms. The Labute approximate surface area is 135 Å². The van der Waals surface area contributed by atoms with E-state index in [9.17, 15) is 0 Å². The second kappa shape index (κ2) is 5.70. The van der Waals surface area contributed by atoms with Crippen LogP contribution < -0.4 is 4.74 Å². The first kappa shape index (κ1) is 14.3. The van der Waals surface area contributed by atoms with Crippen molar-refractivity contribution in [3.63, 3.8) is 0 Å². The summed E-state index contributed by atoms with van der Waals surface area (Å²) in [7, 11) is 0. The molecule has 23 heavy (non-hydrogen) atoms. The number of benzene rings is 1. The molecular weight excluding hydrogens is 288 g/mol. The molecule has 0 fully saturated rings. The van der Waals surface area contributed by atoms with E-state index in [0.717, 1.165) is 47.7 Å². The second-order valence-electron chi connectivity index (χ2n) is 6.33. The summed E-state index contributed by atoms with van der Waals surface area (Å²) in [5.41, 5.74) is 3.35. The van der Waals surface area contributed by atoms with Gasteiger partial charge < -0.3 is 9.15 Å². The lowest BCUT2D eigenvalue weighted by molar-refractivity contribution is 0.147. The van der Waals surface area contributed by atoms with Crippen molar-refractivity contribution in [2.45, 2.75) is 33.0 Å². The fourth-order valence-corrected chi connectivity index (χ4v) is 3.16. The van der Waals surface area contributed by atoms with Crippen LogP contribution in [0.3, 0.4) is 0 Å². The molecule has 0 amide bonds. The molecule has 4 rings (SSSR count). The Balaban J connectivity index is 1.70. The molecule has 0 saturated carbocycles. The smallest absolute Gasteiger partial charge is 0.218 e. The highest BCUT2D eigenvalue weighted by Crippen LogP contribution is 2.28. The van der Waals surface area contributed by atoms with Gasteiger partial charge in [-0.3, -0.25) is 4.90 Å². The number of pyridine rings is 1. The Morgan fingerprint density at radius 1 is 1.26 bits per heavy atom. The van der Waals surface area contributed by atoms with E-state index in [1.54, 1.807) is 6.26 Å². The molecule has 0 saturated heterocycles. The van der Waals surface area contributed by atoms with Crippen molar-refractivity contribution in [3.8, 4) is 5.88 Å². The molecule has 4 nitrogen and oxygen atoms in total. The molecule has 1 aromatic carbocycles. The van der Waals surface area contributed by atoms with Crippen LogP contribution in [0.1, 0.15) is 23.8 Å². The molecule has 3 heterocycles. The number of furan rings is 1. The summed E-state index contributed by atoms with van der Waals surface area (Å²) in [5, 5.41) is 1.16. The topological polar surface area (TPSA) is 38.5 Å². The summed E-state index contributed by atoms with van der Waals surface area (Å²) in [6.45, 7) is 6.63. The van der Waals surface area contributed by atoms with E-state index < -0.39 is 0 Å². The van der Waals surface area contributed by atoms with Crippen LogP contribution in [0.15, 0.2) is 47.1 Å². The third kappa shape index (κ3) is 2.94. The number of aromatic nitrogens is 1. The average Bonchev–Trinajstić information content (AvgIpc) is 2.95. The predicted molar refractivity (Wildman–Crippen MR) is 89.4 cm³/mol. The molecule has 0 N–H and O–H groups in total. The van der Waals surface area contributed by atoms with Gasteiger partial charge in [0, 0.05) is 24.0 Å². The third-order valence-corrected chi connectivity index (χ3v) is 4.19. The maximum absolute atomic E-state index is 6.07. The lowest BCUT2D eigenvalue weighted by Crippen LogP contribution is -2.30. The van der Waals surface area contributed by atoms with E-state index in [1.165, 1.54) is 5.56 Å². The largest absolute Gasteiger partial charge is 0.473 e. The van der Waals surface area contributed by atoms with Crippen LogP contribution in [-0.4, -0.2) is 22.5 Å². The van der Waals surface area contributed by atoms with Crippen molar-refractivity contribution in [2.75, 3.05) is 6.54 Å². The first-order valence-electron chi connectivity index (χ1n) is 7.99. The van der Waals surface area contributed by atoms with Crippen LogP contribution in [0.4, 0.5) is 0 Å². The van der Waals surface area contributed by atoms with Gasteiger partial charge in [-0.15, -0.1) is 0 Å². The molecule has 2 aromatic heterocycles. The van der Waals surface area contributed by atoms with Crippen LogP contribution in [0.25, 0.3) is 10.9 Å². The third-order valence-electron chi connectivity index (χ3n) is 4.19. The highest BCUT2D eigenvalue weighted by molar-refractivity contribution is 5.80. The van der Waals surface area contributed by atoms with Crippen molar-refractivity contribution in [1.29, 1.82) is 0 Å². The maximum Gasteiger partial charge on any atom is 0.218 e. The van der Waals surface area contributed by atoms with E-state index in [2.05, 4.69) is 43.0 Å². The molecule has 4 heteroatoms. The van der Waals surface area contributed by atoms with E-state index in [1.807, 2.05) is 12.1 Å². The van der Waals surface area contributed by atoms with Gasteiger partial charge in [0.2, 0.25) is 5.88 Å². The average molecular weight is 308 g/mol. The monoisotopic (exact) mass is 308 g/mol. The minimum Gasteiger partial charge on any atom is -0.473 e. The van der Waals surface area contributed by atoms with E-state index in [-0.39, 0.29) is 6.10 Å². The highest BCUT2D eigenvalue weighted by atomic mass is 16.5. The van der Waals surface area contributed by atoms with Crippen LogP contribution in [0.2, 0.25) is 0 Å². The molecule has 0 radical (unpaired) electrons. The van der Waals surface area contributed by atoms with E-state index in [4.69, 9.17) is 14.1 Å². The molecule has 1 unspecified atom stereocenters. The van der Waals surface area contributed by atoms with Crippen molar-refractivity contribution in [2.24, 2.45) is 0 Å². The molecule has 118 valence electrons.